The molecule has 0 spiro atoms. The molecule has 0 fully saturated rings. The molecule has 0 radical (unpaired) electrons. The number of aryl methyl sites for hydroxylation is 1. The molecule has 5 nitrogen and oxygen atoms in total. The van der Waals surface area contributed by atoms with Gasteiger partial charge in [-0.2, -0.15) is 0 Å². The van der Waals surface area contributed by atoms with Crippen molar-refractivity contribution in [2.45, 2.75) is 43.8 Å². The van der Waals surface area contributed by atoms with Crippen molar-refractivity contribution in [3.8, 4) is 0 Å². The van der Waals surface area contributed by atoms with E-state index in [2.05, 4.69) is 10.3 Å². The smallest absolute Gasteiger partial charge is 0.323 e. The highest BCUT2D eigenvalue weighted by molar-refractivity contribution is 7.99. The van der Waals surface area contributed by atoms with E-state index in [0.717, 1.165) is 23.8 Å². The number of aliphatic carboxylic acids is 1. The normalized spacial score (nSPS) is 14.3. The van der Waals surface area contributed by atoms with Crippen LogP contribution in [0, 0.1) is 0 Å². The van der Waals surface area contributed by atoms with E-state index >= 15 is 0 Å². The number of nitrogens with zero attached hydrogens (tertiary/aromatic N) is 2. The maximum Gasteiger partial charge on any atom is 0.323 e. The molecule has 0 aliphatic rings. The number of carbonyl (C=O) groups is 1. The van der Waals surface area contributed by atoms with Crippen LogP contribution in [0.5, 0.6) is 0 Å². The first-order valence-corrected chi connectivity index (χ1v) is 7.56. The van der Waals surface area contributed by atoms with Gasteiger partial charge in [0, 0.05) is 25.2 Å². The highest BCUT2D eigenvalue weighted by Crippen LogP contribution is 2.19. The van der Waals surface area contributed by atoms with Crippen LogP contribution in [-0.2, 0) is 11.8 Å². The topological polar surface area (TPSA) is 67.2 Å². The number of thioether (sulfide) groups is 1. The van der Waals surface area contributed by atoms with Gasteiger partial charge in [-0.25, -0.2) is 4.98 Å². The van der Waals surface area contributed by atoms with E-state index in [9.17, 15) is 9.90 Å². The van der Waals surface area contributed by atoms with Crippen molar-refractivity contribution in [3.05, 3.63) is 12.4 Å². The van der Waals surface area contributed by atoms with Gasteiger partial charge in [0.1, 0.15) is 5.54 Å². The largest absolute Gasteiger partial charge is 0.480 e. The Balaban J connectivity index is 2.26. The lowest BCUT2D eigenvalue weighted by atomic mass is 9.95. The zero-order chi connectivity index (χ0) is 14.3. The van der Waals surface area contributed by atoms with Crippen LogP contribution in [0.1, 0.15) is 33.1 Å². The van der Waals surface area contributed by atoms with Crippen LogP contribution >= 0.6 is 11.8 Å². The third kappa shape index (κ3) is 4.87. The summed E-state index contributed by atoms with van der Waals surface area (Å²) in [7, 11) is 1.97. The van der Waals surface area contributed by atoms with Crippen molar-refractivity contribution in [2.75, 3.05) is 12.3 Å². The summed E-state index contributed by atoms with van der Waals surface area (Å²) in [6, 6.07) is 0. The summed E-state index contributed by atoms with van der Waals surface area (Å²) in [4.78, 5) is 15.5. The molecular formula is C13H23N3O2S. The average Bonchev–Trinajstić information content (AvgIpc) is 2.75. The van der Waals surface area contributed by atoms with Gasteiger partial charge < -0.3 is 15.0 Å². The van der Waals surface area contributed by atoms with Crippen LogP contribution in [-0.4, -0.2) is 38.5 Å². The SMILES string of the molecule is CCNC(C)(CCCCSc1nccn1C)C(=O)O. The van der Waals surface area contributed by atoms with Gasteiger partial charge in [0.15, 0.2) is 5.16 Å². The summed E-state index contributed by atoms with van der Waals surface area (Å²) in [6.07, 6.45) is 6.25. The second-order valence-electron chi connectivity index (χ2n) is 4.79. The van der Waals surface area contributed by atoms with E-state index in [1.165, 1.54) is 0 Å². The number of aromatic nitrogens is 2. The Labute approximate surface area is 118 Å². The molecule has 1 unspecified atom stereocenters. The van der Waals surface area contributed by atoms with E-state index in [0.29, 0.717) is 13.0 Å². The van der Waals surface area contributed by atoms with Crippen LogP contribution in [0.3, 0.4) is 0 Å². The third-order valence-corrected chi connectivity index (χ3v) is 4.26. The van der Waals surface area contributed by atoms with Crippen LogP contribution < -0.4 is 5.32 Å². The minimum atomic E-state index is -0.803. The van der Waals surface area contributed by atoms with E-state index in [1.54, 1.807) is 24.9 Å². The standard InChI is InChI=1S/C13H23N3O2S/c1-4-15-13(2,11(17)18)7-5-6-10-19-12-14-8-9-16(12)3/h8-9,15H,4-7,10H2,1-3H3,(H,17,18). The third-order valence-electron chi connectivity index (χ3n) is 3.12. The van der Waals surface area contributed by atoms with Gasteiger partial charge in [-0.15, -0.1) is 0 Å². The molecule has 0 bridgehead atoms. The molecule has 1 atom stereocenters. The second kappa shape index (κ2) is 7.55. The van der Waals surface area contributed by atoms with Crippen LogP contribution in [0.4, 0.5) is 0 Å². The quantitative estimate of drug-likeness (QED) is 0.537. The molecule has 0 amide bonds. The molecule has 1 heterocycles. The van der Waals surface area contributed by atoms with Crippen molar-refractivity contribution in [1.82, 2.24) is 14.9 Å². The molecule has 0 aliphatic carbocycles. The fourth-order valence-corrected chi connectivity index (χ4v) is 2.83. The molecular weight excluding hydrogens is 262 g/mol. The number of nitrogens with one attached hydrogen (secondary N) is 1. The van der Waals surface area contributed by atoms with Crippen molar-refractivity contribution >= 4 is 17.7 Å². The molecule has 0 saturated heterocycles. The lowest BCUT2D eigenvalue weighted by molar-refractivity contribution is -0.144. The molecule has 6 heteroatoms. The van der Waals surface area contributed by atoms with Crippen molar-refractivity contribution in [1.29, 1.82) is 0 Å². The monoisotopic (exact) mass is 285 g/mol. The maximum atomic E-state index is 11.2. The fraction of sp³-hybridized carbons (Fsp3) is 0.692. The van der Waals surface area contributed by atoms with E-state index in [4.69, 9.17) is 0 Å². The molecule has 1 rings (SSSR count). The number of unbranched alkanes of at least 4 members (excludes halogenated alkanes) is 1. The number of rotatable bonds is 9. The lowest BCUT2D eigenvalue weighted by Gasteiger charge is -2.25. The van der Waals surface area contributed by atoms with Crippen molar-refractivity contribution in [3.63, 3.8) is 0 Å². The van der Waals surface area contributed by atoms with Gasteiger partial charge in [-0.1, -0.05) is 25.1 Å². The Bertz CT molecular complexity index is 408. The molecule has 1 aromatic rings. The van der Waals surface area contributed by atoms with Crippen LogP contribution in [0.2, 0.25) is 0 Å². The number of hydrogen-bond donors (Lipinski definition) is 2. The Morgan fingerprint density at radius 3 is 2.84 bits per heavy atom. The maximum absolute atomic E-state index is 11.2. The zero-order valence-corrected chi connectivity index (χ0v) is 12.7. The molecule has 0 aromatic carbocycles. The molecule has 19 heavy (non-hydrogen) atoms. The minimum Gasteiger partial charge on any atom is -0.480 e. The number of hydrogen-bond acceptors (Lipinski definition) is 4. The Hall–Kier alpha value is -1.01. The number of carboxylic acid groups (broad SMARTS) is 1. The Morgan fingerprint density at radius 1 is 1.58 bits per heavy atom. The first-order valence-electron chi connectivity index (χ1n) is 6.58. The van der Waals surface area contributed by atoms with E-state index in [1.807, 2.05) is 24.7 Å². The summed E-state index contributed by atoms with van der Waals surface area (Å²) in [5, 5.41) is 13.3. The fourth-order valence-electron chi connectivity index (χ4n) is 1.90. The molecule has 108 valence electrons. The highest BCUT2D eigenvalue weighted by Gasteiger charge is 2.30. The molecule has 0 aliphatic heterocycles. The van der Waals surface area contributed by atoms with Gasteiger partial charge in [-0.05, 0) is 26.3 Å². The van der Waals surface area contributed by atoms with Gasteiger partial charge in [-0.3, -0.25) is 4.79 Å². The summed E-state index contributed by atoms with van der Waals surface area (Å²) in [5.74, 6) is 0.193. The minimum absolute atomic E-state index is 0.650. The Kier molecular flexibility index (Phi) is 6.37. The number of imidazole rings is 1. The summed E-state index contributed by atoms with van der Waals surface area (Å²) >= 11 is 1.71. The summed E-state index contributed by atoms with van der Waals surface area (Å²) in [6.45, 7) is 4.35. The predicted octanol–water partition coefficient (Wildman–Crippen LogP) is 2.14. The van der Waals surface area contributed by atoms with E-state index < -0.39 is 11.5 Å². The number of carboxylic acids is 1. The zero-order valence-electron chi connectivity index (χ0n) is 11.8. The molecule has 2 N–H and O–H groups in total. The summed E-state index contributed by atoms with van der Waals surface area (Å²) in [5.41, 5.74) is -0.803. The van der Waals surface area contributed by atoms with Gasteiger partial charge >= 0.3 is 5.97 Å². The van der Waals surface area contributed by atoms with Crippen LogP contribution in [0.25, 0.3) is 0 Å². The van der Waals surface area contributed by atoms with Crippen LogP contribution in [0.15, 0.2) is 17.6 Å². The number of likely N-dealkylation sites (N-methyl/N-ethyl adjacent to an activating group) is 1. The van der Waals surface area contributed by atoms with E-state index in [-0.39, 0.29) is 0 Å². The first-order chi connectivity index (χ1) is 8.99. The predicted molar refractivity (Wildman–Crippen MR) is 77.5 cm³/mol. The molecule has 1 aromatic heterocycles. The van der Waals surface area contributed by atoms with Gasteiger partial charge in [0.25, 0.3) is 0 Å². The average molecular weight is 285 g/mol. The van der Waals surface area contributed by atoms with Crippen molar-refractivity contribution < 1.29 is 9.90 Å². The molecule has 0 saturated carbocycles. The van der Waals surface area contributed by atoms with Crippen molar-refractivity contribution in [2.24, 2.45) is 7.05 Å². The Morgan fingerprint density at radius 2 is 2.32 bits per heavy atom. The lowest BCUT2D eigenvalue weighted by Crippen LogP contribution is -2.49. The van der Waals surface area contributed by atoms with Gasteiger partial charge in [0.2, 0.25) is 0 Å². The summed E-state index contributed by atoms with van der Waals surface area (Å²) < 4.78 is 1.99. The first kappa shape index (κ1) is 16.0. The van der Waals surface area contributed by atoms with Gasteiger partial charge in [0.05, 0.1) is 0 Å². The second-order valence-corrected chi connectivity index (χ2v) is 5.86. The highest BCUT2D eigenvalue weighted by atomic mass is 32.2.